The van der Waals surface area contributed by atoms with Crippen molar-refractivity contribution >= 4 is 46.0 Å². The van der Waals surface area contributed by atoms with Crippen LogP contribution in [0.25, 0.3) is 0 Å². The number of rotatable bonds is 3. The number of primary amides is 1. The Hall–Kier alpha value is -8.51. The fourth-order valence-corrected chi connectivity index (χ4v) is 4.10. The molecule has 1 amide bonds. The zero-order valence-electron chi connectivity index (χ0n) is 31.4. The number of halogens is 19. The second-order valence-electron chi connectivity index (χ2n) is 11.3. The Labute approximate surface area is 352 Å². The number of hydrogen-bond donors (Lipinski definition) is 8. The van der Waals surface area contributed by atoms with Gasteiger partial charge in [0.15, 0.2) is 111 Å². The lowest BCUT2D eigenvalue weighted by atomic mass is 10.1. The zero-order chi connectivity index (χ0) is 51.7. The number of amides is 1. The van der Waals surface area contributed by atoms with E-state index in [-0.39, 0.29) is 0 Å². The summed E-state index contributed by atoms with van der Waals surface area (Å²) in [5, 5.41) is 27.0. The molecule has 354 valence electrons. The van der Waals surface area contributed by atoms with Gasteiger partial charge in [0, 0.05) is 13.1 Å². The summed E-state index contributed by atoms with van der Waals surface area (Å²) in [5.74, 6) is -38.1. The number of aromatic carboxylic acids is 1. The molecule has 5 rings (SSSR count). The lowest BCUT2D eigenvalue weighted by molar-refractivity contribution is 0.0690. The molecule has 66 heavy (non-hydrogen) atoms. The van der Waals surface area contributed by atoms with Gasteiger partial charge in [-0.1, -0.05) is 0 Å². The molecule has 0 aliphatic rings. The SMILES string of the molecule is CNc1c(F)c(N)c(C#N)c(F)c1F.N#Cc1c(N)c(F)c(F)c(F)c1F.NC(=O)c1c(N)c(F)c(F)c(F)c1F.Nc1c(F)c(F)c(F)c(F)c1C(=O)O.Nc1cc(F)c(F)c(F)c1F. The summed E-state index contributed by atoms with van der Waals surface area (Å²) in [6, 6.07) is 2.80. The molecule has 5 aromatic rings. The largest absolute Gasteiger partial charge is 0.478 e. The van der Waals surface area contributed by atoms with Gasteiger partial charge in [-0.3, -0.25) is 4.79 Å². The number of carbonyl (C=O) groups excluding carboxylic acids is 1. The topological polar surface area (TPSA) is 270 Å². The van der Waals surface area contributed by atoms with Crippen LogP contribution >= 0.6 is 0 Å². The van der Waals surface area contributed by atoms with E-state index in [4.69, 9.17) is 44.3 Å². The van der Waals surface area contributed by atoms with Crippen molar-refractivity contribution in [3.8, 4) is 12.1 Å². The van der Waals surface area contributed by atoms with Crippen LogP contribution in [0, 0.1) is 133 Å². The third-order valence-corrected chi connectivity index (χ3v) is 7.33. The van der Waals surface area contributed by atoms with Crippen LogP contribution in [-0.4, -0.2) is 24.0 Å². The van der Waals surface area contributed by atoms with Crippen LogP contribution in [0.15, 0.2) is 6.07 Å². The molecule has 0 bridgehead atoms. The molecule has 0 radical (unpaired) electrons. The van der Waals surface area contributed by atoms with Gasteiger partial charge < -0.3 is 44.8 Å². The number of anilines is 6. The maximum absolute atomic E-state index is 13.1. The van der Waals surface area contributed by atoms with E-state index in [9.17, 15) is 93.0 Å². The van der Waals surface area contributed by atoms with Gasteiger partial charge in [0.1, 0.15) is 40.1 Å². The highest BCUT2D eigenvalue weighted by molar-refractivity contribution is 5.98. The molecular formula is C35H18F19N9O3. The zero-order valence-corrected chi connectivity index (χ0v) is 31.4. The Morgan fingerprint density at radius 2 is 0.773 bits per heavy atom. The molecule has 14 N–H and O–H groups in total. The molecule has 5 aromatic carbocycles. The highest BCUT2D eigenvalue weighted by Gasteiger charge is 2.29. The van der Waals surface area contributed by atoms with E-state index in [1.165, 1.54) is 13.1 Å². The Balaban J connectivity index is 0.000000413. The van der Waals surface area contributed by atoms with Crippen molar-refractivity contribution in [2.75, 3.05) is 41.0 Å². The highest BCUT2D eigenvalue weighted by Crippen LogP contribution is 2.31. The standard InChI is InChI=1S/C8H6F3N3.C7H4F4N2O.C7H2F4N2.C7H3F4NO2.C6H3F4N/c1-14-8-5(10)4(9)3(2-12)7(13)6(8)11;8-2-1(7(13)14)6(12)5(11)4(10)3(2)9;8-3-2(1-12)7(13)6(11)5(10)4(3)9;8-2-1(7(13)14)6(12)5(11)4(10)3(2)9;7-2-1-3(11)5(9)6(10)4(2)8/h14H,13H2,1H3;12H2,(H2,13,14);13H2;12H2,(H,13,14);1H,11H2. The van der Waals surface area contributed by atoms with E-state index in [0.717, 1.165) is 6.07 Å². The third kappa shape index (κ3) is 11.2. The number of benzene rings is 5. The molecule has 0 aliphatic carbocycles. The van der Waals surface area contributed by atoms with Crippen molar-refractivity contribution in [3.63, 3.8) is 0 Å². The molecule has 0 saturated heterocycles. The fourth-order valence-electron chi connectivity index (χ4n) is 4.10. The van der Waals surface area contributed by atoms with E-state index >= 15 is 0 Å². The summed E-state index contributed by atoms with van der Waals surface area (Å²) < 4.78 is 239. The quantitative estimate of drug-likeness (QED) is 0.0378. The van der Waals surface area contributed by atoms with Crippen molar-refractivity contribution in [3.05, 3.63) is 139 Å². The minimum absolute atomic E-state index is 0.383. The Bertz CT molecular complexity index is 2620. The molecular weight excluding hydrogens is 955 g/mol. The van der Waals surface area contributed by atoms with Gasteiger partial charge >= 0.3 is 5.97 Å². The Kier molecular flexibility index (Phi) is 18.7. The molecule has 0 saturated carbocycles. The summed E-state index contributed by atoms with van der Waals surface area (Å²) >= 11 is 0. The van der Waals surface area contributed by atoms with Crippen molar-refractivity contribution in [2.24, 2.45) is 5.73 Å². The number of nitrogen functional groups attached to an aromatic ring is 5. The van der Waals surface area contributed by atoms with Crippen LogP contribution in [0.2, 0.25) is 0 Å². The minimum Gasteiger partial charge on any atom is -0.478 e. The number of hydrogen-bond acceptors (Lipinski definition) is 10. The van der Waals surface area contributed by atoms with Crippen molar-refractivity contribution < 1.29 is 98.1 Å². The summed E-state index contributed by atoms with van der Waals surface area (Å²) in [7, 11) is 1.21. The van der Waals surface area contributed by atoms with Crippen LogP contribution in [-0.2, 0) is 0 Å². The average Bonchev–Trinajstić information content (AvgIpc) is 3.27. The minimum atomic E-state index is -2.20. The number of carbonyl (C=O) groups is 2. The van der Waals surface area contributed by atoms with Gasteiger partial charge in [-0.25, -0.2) is 88.2 Å². The normalized spacial score (nSPS) is 10.0. The van der Waals surface area contributed by atoms with Crippen LogP contribution < -0.4 is 39.7 Å². The van der Waals surface area contributed by atoms with Gasteiger partial charge in [-0.2, -0.15) is 10.5 Å². The number of nitrogens with zero attached hydrogens (tertiary/aromatic N) is 2. The van der Waals surface area contributed by atoms with E-state index in [2.05, 4.69) is 11.1 Å². The Morgan fingerprint density at radius 3 is 1.15 bits per heavy atom. The van der Waals surface area contributed by atoms with E-state index in [1.54, 1.807) is 0 Å². The van der Waals surface area contributed by atoms with E-state index in [1.807, 2.05) is 0 Å². The van der Waals surface area contributed by atoms with Gasteiger partial charge in [0.2, 0.25) is 0 Å². The average molecular weight is 974 g/mol. The lowest BCUT2D eigenvalue weighted by Crippen LogP contribution is -2.19. The number of carboxylic acid groups (broad SMARTS) is 1. The molecule has 0 spiro atoms. The van der Waals surface area contributed by atoms with Crippen molar-refractivity contribution in [2.45, 2.75) is 0 Å². The second-order valence-corrected chi connectivity index (χ2v) is 11.3. The summed E-state index contributed by atoms with van der Waals surface area (Å²) in [5.41, 5.74) is 18.8. The van der Waals surface area contributed by atoms with Crippen LogP contribution in [0.3, 0.4) is 0 Å². The molecule has 0 unspecified atom stereocenters. The van der Waals surface area contributed by atoms with Gasteiger partial charge in [-0.05, 0) is 0 Å². The number of nitrogens with two attached hydrogens (primary N) is 6. The predicted molar refractivity (Wildman–Crippen MR) is 188 cm³/mol. The summed E-state index contributed by atoms with van der Waals surface area (Å²) in [4.78, 5) is 20.8. The summed E-state index contributed by atoms with van der Waals surface area (Å²) in [6.45, 7) is 0. The molecule has 0 aliphatic heterocycles. The monoisotopic (exact) mass is 973 g/mol. The van der Waals surface area contributed by atoms with E-state index < -0.39 is 179 Å². The smallest absolute Gasteiger partial charge is 0.341 e. The highest BCUT2D eigenvalue weighted by atomic mass is 19.2. The molecule has 0 atom stereocenters. The third-order valence-electron chi connectivity index (χ3n) is 7.33. The molecule has 12 nitrogen and oxygen atoms in total. The van der Waals surface area contributed by atoms with E-state index in [0.29, 0.717) is 6.07 Å². The summed E-state index contributed by atoms with van der Waals surface area (Å²) in [6.07, 6.45) is 0. The first-order valence-electron chi connectivity index (χ1n) is 15.7. The predicted octanol–water partition coefficient (Wildman–Crippen LogP) is 7.57. The number of nitriles is 2. The van der Waals surface area contributed by atoms with Crippen molar-refractivity contribution in [1.29, 1.82) is 10.5 Å². The molecule has 0 heterocycles. The van der Waals surface area contributed by atoms with Gasteiger partial charge in [-0.15, -0.1) is 0 Å². The second kappa shape index (κ2) is 22.2. The van der Waals surface area contributed by atoms with Crippen LogP contribution in [0.1, 0.15) is 31.8 Å². The maximum atomic E-state index is 13.1. The van der Waals surface area contributed by atoms with Gasteiger partial charge in [0.25, 0.3) is 5.91 Å². The Morgan fingerprint density at radius 1 is 0.455 bits per heavy atom. The van der Waals surface area contributed by atoms with Crippen LogP contribution in [0.5, 0.6) is 0 Å². The lowest BCUT2D eigenvalue weighted by Gasteiger charge is -2.08. The first-order valence-corrected chi connectivity index (χ1v) is 15.7. The molecule has 0 fully saturated rings. The molecule has 0 aromatic heterocycles. The molecule has 31 heteroatoms. The first-order chi connectivity index (χ1) is 30.3. The maximum Gasteiger partial charge on any atom is 0.341 e. The van der Waals surface area contributed by atoms with Gasteiger partial charge in [0.05, 0.1) is 28.4 Å². The van der Waals surface area contributed by atoms with Crippen LogP contribution in [0.4, 0.5) is 118 Å². The number of nitrogens with one attached hydrogen (secondary N) is 1. The number of carboxylic acids is 1. The fraction of sp³-hybridized carbons (Fsp3) is 0.0286. The van der Waals surface area contributed by atoms with Crippen molar-refractivity contribution in [1.82, 2.24) is 0 Å². The first kappa shape index (κ1) is 55.5.